The lowest BCUT2D eigenvalue weighted by atomic mass is 10.1. The number of esters is 1. The summed E-state index contributed by atoms with van der Waals surface area (Å²) in [6.45, 7) is 5.61. The maximum Gasteiger partial charge on any atom is 0.338 e. The highest BCUT2D eigenvalue weighted by Gasteiger charge is 2.14. The van der Waals surface area contributed by atoms with Gasteiger partial charge in [0.2, 0.25) is 0 Å². The van der Waals surface area contributed by atoms with Crippen LogP contribution in [0.25, 0.3) is 0 Å². The third-order valence-corrected chi connectivity index (χ3v) is 3.37. The van der Waals surface area contributed by atoms with E-state index in [1.807, 2.05) is 12.1 Å². The van der Waals surface area contributed by atoms with Crippen molar-refractivity contribution >= 4 is 11.8 Å². The van der Waals surface area contributed by atoms with Gasteiger partial charge >= 0.3 is 5.97 Å². The summed E-state index contributed by atoms with van der Waals surface area (Å²) in [7, 11) is 0. The van der Waals surface area contributed by atoms with E-state index in [2.05, 4.69) is 4.90 Å². The zero-order valence-electron chi connectivity index (χ0n) is 12.3. The Morgan fingerprint density at radius 1 is 1.19 bits per heavy atom. The summed E-state index contributed by atoms with van der Waals surface area (Å²) in [6.07, 6.45) is 0.389. The van der Waals surface area contributed by atoms with Gasteiger partial charge in [-0.2, -0.15) is 0 Å². The van der Waals surface area contributed by atoms with E-state index in [4.69, 9.17) is 9.47 Å². The van der Waals surface area contributed by atoms with Crippen molar-refractivity contribution in [2.24, 2.45) is 0 Å². The van der Waals surface area contributed by atoms with Gasteiger partial charge < -0.3 is 9.47 Å². The minimum Gasteiger partial charge on any atom is -0.462 e. The van der Waals surface area contributed by atoms with E-state index in [0.29, 0.717) is 38.3 Å². The van der Waals surface area contributed by atoms with Crippen molar-refractivity contribution in [1.82, 2.24) is 4.90 Å². The number of hydrogen-bond acceptors (Lipinski definition) is 5. The first kappa shape index (κ1) is 15.7. The smallest absolute Gasteiger partial charge is 0.338 e. The molecule has 1 fully saturated rings. The third-order valence-electron chi connectivity index (χ3n) is 3.37. The first-order chi connectivity index (χ1) is 10.2. The number of hydrogen-bond donors (Lipinski definition) is 0. The summed E-state index contributed by atoms with van der Waals surface area (Å²) in [5, 5.41) is 0. The van der Waals surface area contributed by atoms with Crippen LogP contribution in [0.3, 0.4) is 0 Å². The molecule has 0 saturated carbocycles. The second-order valence-corrected chi connectivity index (χ2v) is 5.02. The molecule has 1 saturated heterocycles. The van der Waals surface area contributed by atoms with Crippen LogP contribution >= 0.6 is 0 Å². The summed E-state index contributed by atoms with van der Waals surface area (Å²) in [4.78, 5) is 25.7. The molecule has 1 heterocycles. The Kier molecular flexibility index (Phi) is 5.90. The van der Waals surface area contributed by atoms with E-state index in [0.717, 1.165) is 18.7 Å². The molecule has 0 bridgehead atoms. The first-order valence-corrected chi connectivity index (χ1v) is 7.27. The Bertz CT molecular complexity index is 478. The summed E-state index contributed by atoms with van der Waals surface area (Å²) in [5.74, 6) is -0.149. The van der Waals surface area contributed by atoms with Crippen LogP contribution in [0, 0.1) is 0 Å². The molecule has 0 N–H and O–H groups in total. The fraction of sp³-hybridized carbons (Fsp3) is 0.500. The van der Waals surface area contributed by atoms with Gasteiger partial charge in [-0.3, -0.25) is 9.69 Å². The number of benzene rings is 1. The topological polar surface area (TPSA) is 55.8 Å². The van der Waals surface area contributed by atoms with Crippen LogP contribution in [0.1, 0.15) is 22.8 Å². The number of carbonyl (C=O) groups is 2. The number of morpholine rings is 1. The van der Waals surface area contributed by atoms with Crippen molar-refractivity contribution in [3.8, 4) is 0 Å². The van der Waals surface area contributed by atoms with Gasteiger partial charge in [0.05, 0.1) is 31.9 Å². The second kappa shape index (κ2) is 7.90. The number of rotatable bonds is 6. The average Bonchev–Trinajstić information content (AvgIpc) is 2.49. The number of ketones is 1. The van der Waals surface area contributed by atoms with E-state index >= 15 is 0 Å². The van der Waals surface area contributed by atoms with Crippen molar-refractivity contribution in [2.45, 2.75) is 13.3 Å². The van der Waals surface area contributed by atoms with E-state index in [-0.39, 0.29) is 11.8 Å². The molecule has 0 amide bonds. The standard InChI is InChI=1S/C16H21NO4/c1-2-21-16(19)14-5-3-13(4-6-14)11-15(18)12-17-7-9-20-10-8-17/h3-6H,2,7-12H2,1H3. The monoisotopic (exact) mass is 291 g/mol. The van der Waals surface area contributed by atoms with Crippen LogP contribution < -0.4 is 0 Å². The maximum atomic E-state index is 12.0. The zero-order chi connectivity index (χ0) is 15.1. The minimum absolute atomic E-state index is 0.181. The Balaban J connectivity index is 1.84. The quantitative estimate of drug-likeness (QED) is 0.740. The Morgan fingerprint density at radius 2 is 1.86 bits per heavy atom. The highest BCUT2D eigenvalue weighted by Crippen LogP contribution is 2.08. The zero-order valence-corrected chi connectivity index (χ0v) is 12.3. The molecule has 5 heteroatoms. The molecule has 0 aliphatic carbocycles. The molecule has 114 valence electrons. The number of nitrogens with zero attached hydrogens (tertiary/aromatic N) is 1. The Labute approximate surface area is 124 Å². The van der Waals surface area contributed by atoms with Gasteiger partial charge in [-0.15, -0.1) is 0 Å². The number of Topliss-reactive ketones (excluding diaryl/α,β-unsaturated/α-hetero) is 1. The average molecular weight is 291 g/mol. The highest BCUT2D eigenvalue weighted by molar-refractivity contribution is 5.89. The Morgan fingerprint density at radius 3 is 2.48 bits per heavy atom. The lowest BCUT2D eigenvalue weighted by molar-refractivity contribution is -0.120. The predicted octanol–water partition coefficient (Wildman–Crippen LogP) is 1.31. The van der Waals surface area contributed by atoms with E-state index in [1.165, 1.54) is 0 Å². The van der Waals surface area contributed by atoms with Gasteiger partial charge in [0.25, 0.3) is 0 Å². The highest BCUT2D eigenvalue weighted by atomic mass is 16.5. The van der Waals surface area contributed by atoms with Crippen LogP contribution in [0.4, 0.5) is 0 Å². The van der Waals surface area contributed by atoms with Gasteiger partial charge in [-0.1, -0.05) is 12.1 Å². The lowest BCUT2D eigenvalue weighted by Gasteiger charge is -2.25. The molecule has 1 aromatic rings. The van der Waals surface area contributed by atoms with Crippen molar-refractivity contribution in [3.05, 3.63) is 35.4 Å². The Hall–Kier alpha value is -1.72. The fourth-order valence-electron chi connectivity index (χ4n) is 2.27. The summed E-state index contributed by atoms with van der Waals surface area (Å²) < 4.78 is 10.2. The number of ether oxygens (including phenoxy) is 2. The molecule has 5 nitrogen and oxygen atoms in total. The molecule has 1 aliphatic rings. The molecule has 0 spiro atoms. The summed E-state index contributed by atoms with van der Waals surface area (Å²) in [5.41, 5.74) is 1.43. The molecule has 0 radical (unpaired) electrons. The molecule has 1 aromatic carbocycles. The van der Waals surface area contributed by atoms with Crippen molar-refractivity contribution in [2.75, 3.05) is 39.5 Å². The van der Waals surface area contributed by atoms with Crippen LogP contribution in [-0.2, 0) is 20.7 Å². The van der Waals surface area contributed by atoms with E-state index in [1.54, 1.807) is 19.1 Å². The molecule has 0 aromatic heterocycles. The molecule has 21 heavy (non-hydrogen) atoms. The maximum absolute atomic E-state index is 12.0. The van der Waals surface area contributed by atoms with Crippen molar-refractivity contribution in [1.29, 1.82) is 0 Å². The largest absolute Gasteiger partial charge is 0.462 e. The van der Waals surface area contributed by atoms with Crippen molar-refractivity contribution in [3.63, 3.8) is 0 Å². The normalized spacial score (nSPS) is 15.7. The molecule has 1 aliphatic heterocycles. The van der Waals surface area contributed by atoms with Gasteiger partial charge in [0.15, 0.2) is 5.78 Å². The predicted molar refractivity (Wildman–Crippen MR) is 78.4 cm³/mol. The molecule has 0 unspecified atom stereocenters. The molecule has 0 atom stereocenters. The first-order valence-electron chi connectivity index (χ1n) is 7.27. The van der Waals surface area contributed by atoms with Gasteiger partial charge in [0, 0.05) is 19.5 Å². The minimum atomic E-state index is -0.330. The van der Waals surface area contributed by atoms with Crippen LogP contribution in [-0.4, -0.2) is 56.1 Å². The molecular weight excluding hydrogens is 270 g/mol. The van der Waals surface area contributed by atoms with Gasteiger partial charge in [-0.25, -0.2) is 4.79 Å². The fourth-order valence-corrected chi connectivity index (χ4v) is 2.27. The third kappa shape index (κ3) is 4.95. The number of carbonyl (C=O) groups excluding carboxylic acids is 2. The van der Waals surface area contributed by atoms with Gasteiger partial charge in [-0.05, 0) is 24.6 Å². The second-order valence-electron chi connectivity index (χ2n) is 5.02. The van der Waals surface area contributed by atoms with Gasteiger partial charge in [0.1, 0.15) is 0 Å². The molecular formula is C16H21NO4. The molecule has 2 rings (SSSR count). The van der Waals surface area contributed by atoms with Crippen LogP contribution in [0.15, 0.2) is 24.3 Å². The summed E-state index contributed by atoms with van der Waals surface area (Å²) in [6, 6.07) is 7.03. The van der Waals surface area contributed by atoms with E-state index in [9.17, 15) is 9.59 Å². The van der Waals surface area contributed by atoms with E-state index < -0.39 is 0 Å². The van der Waals surface area contributed by atoms with Crippen LogP contribution in [0.5, 0.6) is 0 Å². The van der Waals surface area contributed by atoms with Crippen LogP contribution in [0.2, 0.25) is 0 Å². The van der Waals surface area contributed by atoms with Crippen molar-refractivity contribution < 1.29 is 19.1 Å². The SMILES string of the molecule is CCOC(=O)c1ccc(CC(=O)CN2CCOCC2)cc1. The lowest BCUT2D eigenvalue weighted by Crippen LogP contribution is -2.39. The summed E-state index contributed by atoms with van der Waals surface area (Å²) >= 11 is 0.